The molecule has 8 nitrogen and oxygen atoms in total. The molecule has 0 aliphatic heterocycles. The Morgan fingerprint density at radius 1 is 0.902 bits per heavy atom. The maximum atomic E-state index is 14.2. The number of sulfonamides is 1. The molecule has 9 heteroatoms. The van der Waals surface area contributed by atoms with E-state index in [4.69, 9.17) is 4.74 Å². The molecule has 3 aromatic carbocycles. The first-order valence-electron chi connectivity index (χ1n) is 14.0. The minimum absolute atomic E-state index is 0.0471. The number of nitrogens with zero attached hydrogens (tertiary/aromatic N) is 2. The molecule has 0 saturated carbocycles. The summed E-state index contributed by atoms with van der Waals surface area (Å²) in [6, 6.07) is 21.7. The van der Waals surface area contributed by atoms with Gasteiger partial charge in [0, 0.05) is 13.1 Å². The maximum Gasteiger partial charge on any atom is 0.264 e. The van der Waals surface area contributed by atoms with E-state index in [1.54, 1.807) is 42.5 Å². The van der Waals surface area contributed by atoms with Gasteiger partial charge in [-0.1, -0.05) is 80.9 Å². The second-order valence-corrected chi connectivity index (χ2v) is 12.2. The van der Waals surface area contributed by atoms with Crippen molar-refractivity contribution in [3.05, 3.63) is 90.0 Å². The van der Waals surface area contributed by atoms with Gasteiger partial charge in [0.15, 0.2) is 0 Å². The van der Waals surface area contributed by atoms with Crippen molar-refractivity contribution in [2.45, 2.75) is 58.5 Å². The lowest BCUT2D eigenvalue weighted by Crippen LogP contribution is -2.52. The normalized spacial score (nSPS) is 12.0. The zero-order chi connectivity index (χ0) is 30.0. The highest BCUT2D eigenvalue weighted by atomic mass is 32.2. The van der Waals surface area contributed by atoms with E-state index in [1.165, 1.54) is 17.0 Å². The van der Waals surface area contributed by atoms with Gasteiger partial charge in [0.1, 0.15) is 18.3 Å². The lowest BCUT2D eigenvalue weighted by atomic mass is 10.1. The molecule has 41 heavy (non-hydrogen) atoms. The van der Waals surface area contributed by atoms with Gasteiger partial charge >= 0.3 is 0 Å². The molecule has 0 fully saturated rings. The van der Waals surface area contributed by atoms with Gasteiger partial charge in [-0.05, 0) is 56.0 Å². The van der Waals surface area contributed by atoms with Crippen LogP contribution in [-0.2, 0) is 26.2 Å². The fourth-order valence-electron chi connectivity index (χ4n) is 4.41. The molecule has 0 heterocycles. The Morgan fingerprint density at radius 3 is 2.15 bits per heavy atom. The summed E-state index contributed by atoms with van der Waals surface area (Å²) >= 11 is 0. The van der Waals surface area contributed by atoms with Crippen LogP contribution in [0.3, 0.4) is 0 Å². The van der Waals surface area contributed by atoms with Crippen LogP contribution in [0.2, 0.25) is 0 Å². The van der Waals surface area contributed by atoms with E-state index in [0.717, 1.165) is 15.4 Å². The molecule has 2 amide bonds. The lowest BCUT2D eigenvalue weighted by Gasteiger charge is -2.33. The summed E-state index contributed by atoms with van der Waals surface area (Å²) in [5, 5.41) is 2.95. The number of anilines is 1. The monoisotopic (exact) mass is 579 g/mol. The topological polar surface area (TPSA) is 96.0 Å². The smallest absolute Gasteiger partial charge is 0.264 e. The number of rotatable bonds is 14. The standard InChI is InChI=1S/C32H41N3O5S/c1-6-28(32(37)33-21-24(3)4)34(22-26-19-17-25(5)18-20-26)31(36)23-35(29-15-11-12-16-30(29)40-7-2)41(38,39)27-13-9-8-10-14-27/h8-20,24,28H,6-7,21-23H2,1-5H3,(H,33,37)/t28-/m0/s1. The lowest BCUT2D eigenvalue weighted by molar-refractivity contribution is -0.140. The molecule has 220 valence electrons. The van der Waals surface area contributed by atoms with Crippen LogP contribution in [-0.4, -0.2) is 50.9 Å². The van der Waals surface area contributed by atoms with Crippen LogP contribution < -0.4 is 14.4 Å². The number of aryl methyl sites for hydroxylation is 1. The van der Waals surface area contributed by atoms with Crippen molar-refractivity contribution in [3.8, 4) is 5.75 Å². The minimum atomic E-state index is -4.17. The summed E-state index contributed by atoms with van der Waals surface area (Å²) in [6.45, 7) is 10.1. The van der Waals surface area contributed by atoms with Gasteiger partial charge < -0.3 is 15.0 Å². The third kappa shape index (κ3) is 8.33. The van der Waals surface area contributed by atoms with E-state index in [-0.39, 0.29) is 29.0 Å². The van der Waals surface area contributed by atoms with E-state index in [9.17, 15) is 18.0 Å². The quantitative estimate of drug-likeness (QED) is 0.284. The predicted molar refractivity (Wildman–Crippen MR) is 162 cm³/mol. The first-order chi connectivity index (χ1) is 19.6. The van der Waals surface area contributed by atoms with Crippen molar-refractivity contribution in [2.24, 2.45) is 5.92 Å². The number of carbonyl (C=O) groups is 2. The van der Waals surface area contributed by atoms with Gasteiger partial charge in [-0.2, -0.15) is 0 Å². The molecule has 0 saturated heterocycles. The molecule has 0 aliphatic carbocycles. The van der Waals surface area contributed by atoms with Crippen molar-refractivity contribution in [1.29, 1.82) is 0 Å². The fraction of sp³-hybridized carbons (Fsp3) is 0.375. The van der Waals surface area contributed by atoms with E-state index in [2.05, 4.69) is 5.32 Å². The van der Waals surface area contributed by atoms with Gasteiger partial charge in [-0.15, -0.1) is 0 Å². The largest absolute Gasteiger partial charge is 0.492 e. The van der Waals surface area contributed by atoms with Gasteiger partial charge in [-0.3, -0.25) is 13.9 Å². The summed E-state index contributed by atoms with van der Waals surface area (Å²) in [5.74, 6) is -0.190. The number of carbonyl (C=O) groups excluding carboxylic acids is 2. The number of hydrogen-bond donors (Lipinski definition) is 1. The van der Waals surface area contributed by atoms with Crippen molar-refractivity contribution in [1.82, 2.24) is 10.2 Å². The minimum Gasteiger partial charge on any atom is -0.492 e. The van der Waals surface area contributed by atoms with E-state index in [1.807, 2.05) is 58.9 Å². The third-order valence-electron chi connectivity index (χ3n) is 6.59. The molecule has 0 aromatic heterocycles. The van der Waals surface area contributed by atoms with Gasteiger partial charge in [0.2, 0.25) is 11.8 Å². The highest BCUT2D eigenvalue weighted by Gasteiger charge is 2.34. The predicted octanol–water partition coefficient (Wildman–Crippen LogP) is 5.17. The zero-order valence-corrected chi connectivity index (χ0v) is 25.4. The molecule has 0 radical (unpaired) electrons. The van der Waals surface area contributed by atoms with Crippen LogP contribution in [0.15, 0.2) is 83.8 Å². The average molecular weight is 580 g/mol. The van der Waals surface area contributed by atoms with Crippen LogP contribution >= 0.6 is 0 Å². The van der Waals surface area contributed by atoms with Crippen LogP contribution in [0.4, 0.5) is 5.69 Å². The molecule has 3 aromatic rings. The zero-order valence-electron chi connectivity index (χ0n) is 24.5. The Kier molecular flexibility index (Phi) is 11.3. The van der Waals surface area contributed by atoms with Crippen molar-refractivity contribution < 1.29 is 22.7 Å². The first kappa shape index (κ1) is 31.7. The van der Waals surface area contributed by atoms with Crippen LogP contribution in [0.1, 0.15) is 45.2 Å². The number of hydrogen-bond acceptors (Lipinski definition) is 5. The Balaban J connectivity index is 2.08. The molecule has 1 N–H and O–H groups in total. The number of ether oxygens (including phenoxy) is 1. The summed E-state index contributed by atoms with van der Waals surface area (Å²) in [4.78, 5) is 29.0. The fourth-order valence-corrected chi connectivity index (χ4v) is 5.85. The Hall–Kier alpha value is -3.85. The summed E-state index contributed by atoms with van der Waals surface area (Å²) < 4.78 is 34.9. The molecular formula is C32H41N3O5S. The number of para-hydroxylation sites is 2. The van der Waals surface area contributed by atoms with Crippen molar-refractivity contribution in [3.63, 3.8) is 0 Å². The molecule has 0 spiro atoms. The molecule has 1 atom stereocenters. The van der Waals surface area contributed by atoms with Crippen LogP contribution in [0.25, 0.3) is 0 Å². The average Bonchev–Trinajstić information content (AvgIpc) is 2.96. The highest BCUT2D eigenvalue weighted by molar-refractivity contribution is 7.92. The molecule has 0 bridgehead atoms. The summed E-state index contributed by atoms with van der Waals surface area (Å²) in [6.07, 6.45) is 0.364. The Labute approximate surface area is 244 Å². The van der Waals surface area contributed by atoms with Crippen LogP contribution in [0.5, 0.6) is 5.75 Å². The Bertz CT molecular complexity index is 1390. The van der Waals surface area contributed by atoms with Gasteiger partial charge in [0.25, 0.3) is 10.0 Å². The first-order valence-corrected chi connectivity index (χ1v) is 15.4. The second kappa shape index (κ2) is 14.7. The molecule has 0 aliphatic rings. The summed E-state index contributed by atoms with van der Waals surface area (Å²) in [5.41, 5.74) is 2.16. The van der Waals surface area contributed by atoms with E-state index in [0.29, 0.717) is 25.3 Å². The number of nitrogens with one attached hydrogen (secondary N) is 1. The Morgan fingerprint density at radius 2 is 1.54 bits per heavy atom. The molecule has 3 rings (SSSR count). The van der Waals surface area contributed by atoms with Crippen molar-refractivity contribution in [2.75, 3.05) is 24.0 Å². The molecular weight excluding hydrogens is 538 g/mol. The van der Waals surface area contributed by atoms with Gasteiger partial charge in [-0.25, -0.2) is 8.42 Å². The molecule has 0 unspecified atom stereocenters. The second-order valence-electron chi connectivity index (χ2n) is 10.3. The van der Waals surface area contributed by atoms with Gasteiger partial charge in [0.05, 0.1) is 17.2 Å². The third-order valence-corrected chi connectivity index (χ3v) is 8.36. The van der Waals surface area contributed by atoms with Crippen LogP contribution in [0, 0.1) is 12.8 Å². The van der Waals surface area contributed by atoms with E-state index >= 15 is 0 Å². The van der Waals surface area contributed by atoms with E-state index < -0.39 is 28.5 Å². The SMILES string of the molecule is CCOc1ccccc1N(CC(=O)N(Cc1ccc(C)cc1)[C@@H](CC)C(=O)NCC(C)C)S(=O)(=O)c1ccccc1. The van der Waals surface area contributed by atoms with Crippen molar-refractivity contribution >= 4 is 27.5 Å². The number of amides is 2. The number of benzene rings is 3. The summed E-state index contributed by atoms with van der Waals surface area (Å²) in [7, 11) is -4.17. The highest BCUT2D eigenvalue weighted by Crippen LogP contribution is 2.33. The maximum absolute atomic E-state index is 14.2.